The number of hydrogen-bond donors (Lipinski definition) is 0. The highest BCUT2D eigenvalue weighted by Crippen LogP contribution is 2.12. The predicted molar refractivity (Wildman–Crippen MR) is 68.9 cm³/mol. The summed E-state index contributed by atoms with van der Waals surface area (Å²) in [6.45, 7) is 1.13. The Morgan fingerprint density at radius 3 is 2.33 bits per heavy atom. The summed E-state index contributed by atoms with van der Waals surface area (Å²) < 4.78 is 0. The summed E-state index contributed by atoms with van der Waals surface area (Å²) in [5, 5.41) is 0. The molecule has 84 valence electrons. The van der Waals surface area contributed by atoms with Gasteiger partial charge in [-0.2, -0.15) is 0 Å². The van der Waals surface area contributed by atoms with Crippen molar-refractivity contribution in [2.24, 2.45) is 0 Å². The summed E-state index contributed by atoms with van der Waals surface area (Å²) in [4.78, 5) is 2.31. The van der Waals surface area contributed by atoms with Crippen molar-refractivity contribution in [3.05, 3.63) is 30.3 Å². The third-order valence-corrected chi connectivity index (χ3v) is 2.84. The summed E-state index contributed by atoms with van der Waals surface area (Å²) in [6.07, 6.45) is 4.94. The molecule has 0 amide bonds. The van der Waals surface area contributed by atoms with Crippen LogP contribution in [0.25, 0.3) is 0 Å². The van der Waals surface area contributed by atoms with Gasteiger partial charge in [0.2, 0.25) is 0 Å². The molecule has 0 heterocycles. The van der Waals surface area contributed by atoms with E-state index in [2.05, 4.69) is 42.3 Å². The van der Waals surface area contributed by atoms with Crippen LogP contribution in [0.1, 0.15) is 25.7 Å². The largest absolute Gasteiger partial charge is 0.375 e. The minimum absolute atomic E-state index is 0.800. The SMILES string of the molecule is CN(CCCCCCCl)c1ccccc1. The van der Waals surface area contributed by atoms with Gasteiger partial charge in [-0.1, -0.05) is 31.0 Å². The molecule has 0 saturated carbocycles. The number of rotatable bonds is 7. The monoisotopic (exact) mass is 225 g/mol. The topological polar surface area (TPSA) is 3.24 Å². The lowest BCUT2D eigenvalue weighted by atomic mass is 10.2. The Balaban J connectivity index is 2.16. The normalized spacial score (nSPS) is 10.3. The second-order valence-corrected chi connectivity index (χ2v) is 4.24. The third kappa shape index (κ3) is 5.08. The lowest BCUT2D eigenvalue weighted by Gasteiger charge is -2.18. The van der Waals surface area contributed by atoms with E-state index >= 15 is 0 Å². The first kappa shape index (κ1) is 12.4. The fraction of sp³-hybridized carbons (Fsp3) is 0.538. The molecule has 1 aromatic rings. The Morgan fingerprint density at radius 1 is 1.00 bits per heavy atom. The van der Waals surface area contributed by atoms with Crippen molar-refractivity contribution in [3.63, 3.8) is 0 Å². The number of para-hydroxylation sites is 1. The van der Waals surface area contributed by atoms with Crippen molar-refractivity contribution in [2.75, 3.05) is 24.4 Å². The van der Waals surface area contributed by atoms with E-state index in [4.69, 9.17) is 11.6 Å². The molecule has 0 spiro atoms. The third-order valence-electron chi connectivity index (χ3n) is 2.57. The van der Waals surface area contributed by atoms with Crippen molar-refractivity contribution in [1.82, 2.24) is 0 Å². The molecule has 1 aromatic carbocycles. The van der Waals surface area contributed by atoms with Crippen LogP contribution >= 0.6 is 11.6 Å². The Kier molecular flexibility index (Phi) is 6.26. The van der Waals surface area contributed by atoms with E-state index in [1.165, 1.54) is 24.9 Å². The van der Waals surface area contributed by atoms with Crippen molar-refractivity contribution in [2.45, 2.75) is 25.7 Å². The van der Waals surface area contributed by atoms with E-state index in [0.29, 0.717) is 0 Å². The second kappa shape index (κ2) is 7.58. The zero-order valence-corrected chi connectivity index (χ0v) is 10.2. The van der Waals surface area contributed by atoms with Crippen molar-refractivity contribution in [1.29, 1.82) is 0 Å². The van der Waals surface area contributed by atoms with Gasteiger partial charge in [-0.05, 0) is 25.0 Å². The van der Waals surface area contributed by atoms with E-state index in [1.54, 1.807) is 0 Å². The fourth-order valence-corrected chi connectivity index (χ4v) is 1.80. The van der Waals surface area contributed by atoms with Crippen molar-refractivity contribution >= 4 is 17.3 Å². The van der Waals surface area contributed by atoms with Gasteiger partial charge in [-0.3, -0.25) is 0 Å². The molecule has 0 aromatic heterocycles. The number of halogens is 1. The van der Waals surface area contributed by atoms with E-state index in [-0.39, 0.29) is 0 Å². The van der Waals surface area contributed by atoms with Crippen LogP contribution in [0.15, 0.2) is 30.3 Å². The number of anilines is 1. The van der Waals surface area contributed by atoms with Crippen LogP contribution in [0.4, 0.5) is 5.69 Å². The molecule has 1 nitrogen and oxygen atoms in total. The van der Waals surface area contributed by atoms with Gasteiger partial charge in [-0.15, -0.1) is 11.6 Å². The average Bonchev–Trinajstić information content (AvgIpc) is 2.30. The quantitative estimate of drug-likeness (QED) is 0.502. The number of unbranched alkanes of at least 4 members (excludes halogenated alkanes) is 3. The zero-order valence-electron chi connectivity index (χ0n) is 9.45. The highest BCUT2D eigenvalue weighted by Gasteiger charge is 1.98. The predicted octanol–water partition coefficient (Wildman–Crippen LogP) is 3.92. The second-order valence-electron chi connectivity index (χ2n) is 3.86. The first-order valence-electron chi connectivity index (χ1n) is 5.66. The minimum atomic E-state index is 0.800. The maximum atomic E-state index is 5.63. The summed E-state index contributed by atoms with van der Waals surface area (Å²) in [6, 6.07) is 10.5. The molecule has 0 saturated heterocycles. The average molecular weight is 226 g/mol. The summed E-state index contributed by atoms with van der Waals surface area (Å²) >= 11 is 5.63. The molecule has 15 heavy (non-hydrogen) atoms. The molecule has 0 aliphatic rings. The van der Waals surface area contributed by atoms with Crippen molar-refractivity contribution in [3.8, 4) is 0 Å². The molecule has 0 unspecified atom stereocenters. The smallest absolute Gasteiger partial charge is 0.0363 e. The van der Waals surface area contributed by atoms with Crippen LogP contribution < -0.4 is 4.90 Å². The van der Waals surface area contributed by atoms with Crippen LogP contribution in [0, 0.1) is 0 Å². The van der Waals surface area contributed by atoms with Gasteiger partial charge in [0.1, 0.15) is 0 Å². The summed E-state index contributed by atoms with van der Waals surface area (Å²) in [5.41, 5.74) is 1.30. The molecule has 0 fully saturated rings. The Morgan fingerprint density at radius 2 is 1.67 bits per heavy atom. The fourth-order valence-electron chi connectivity index (χ4n) is 1.61. The van der Waals surface area contributed by atoms with E-state index in [1.807, 2.05) is 0 Å². The van der Waals surface area contributed by atoms with Gasteiger partial charge in [0.15, 0.2) is 0 Å². The maximum Gasteiger partial charge on any atom is 0.0363 e. The molecule has 0 radical (unpaired) electrons. The van der Waals surface area contributed by atoms with Gasteiger partial charge >= 0.3 is 0 Å². The van der Waals surface area contributed by atoms with E-state index < -0.39 is 0 Å². The highest BCUT2D eigenvalue weighted by atomic mass is 35.5. The number of hydrogen-bond acceptors (Lipinski definition) is 1. The first-order chi connectivity index (χ1) is 7.34. The van der Waals surface area contributed by atoms with Gasteiger partial charge in [0.25, 0.3) is 0 Å². The standard InChI is InChI=1S/C13H20ClN/c1-15(12-8-3-2-7-11-14)13-9-5-4-6-10-13/h4-6,9-10H,2-3,7-8,11-12H2,1H3. The molecule has 2 heteroatoms. The molecule has 0 bridgehead atoms. The Labute approximate surface area is 98.0 Å². The van der Waals surface area contributed by atoms with Crippen LogP contribution in [-0.4, -0.2) is 19.5 Å². The molecule has 0 N–H and O–H groups in total. The van der Waals surface area contributed by atoms with Crippen LogP contribution in [-0.2, 0) is 0 Å². The number of nitrogens with zero attached hydrogens (tertiary/aromatic N) is 1. The first-order valence-corrected chi connectivity index (χ1v) is 6.20. The van der Waals surface area contributed by atoms with Gasteiger partial charge in [-0.25, -0.2) is 0 Å². The van der Waals surface area contributed by atoms with Crippen LogP contribution in [0.2, 0.25) is 0 Å². The van der Waals surface area contributed by atoms with E-state index in [9.17, 15) is 0 Å². The molecular formula is C13H20ClN. The summed E-state index contributed by atoms with van der Waals surface area (Å²) in [5.74, 6) is 0.800. The Hall–Kier alpha value is -0.690. The summed E-state index contributed by atoms with van der Waals surface area (Å²) in [7, 11) is 2.15. The maximum absolute atomic E-state index is 5.63. The van der Waals surface area contributed by atoms with Crippen molar-refractivity contribution < 1.29 is 0 Å². The van der Waals surface area contributed by atoms with Gasteiger partial charge < -0.3 is 4.90 Å². The van der Waals surface area contributed by atoms with Crippen LogP contribution in [0.5, 0.6) is 0 Å². The molecule has 0 aliphatic carbocycles. The number of benzene rings is 1. The van der Waals surface area contributed by atoms with Gasteiger partial charge in [0, 0.05) is 25.2 Å². The lowest BCUT2D eigenvalue weighted by molar-refractivity contribution is 0.663. The number of alkyl halides is 1. The highest BCUT2D eigenvalue weighted by molar-refractivity contribution is 6.17. The molecule has 0 atom stereocenters. The minimum Gasteiger partial charge on any atom is -0.375 e. The van der Waals surface area contributed by atoms with Crippen LogP contribution in [0.3, 0.4) is 0 Å². The molecular weight excluding hydrogens is 206 g/mol. The van der Waals surface area contributed by atoms with Gasteiger partial charge in [0.05, 0.1) is 0 Å². The zero-order chi connectivity index (χ0) is 10.9. The lowest BCUT2D eigenvalue weighted by Crippen LogP contribution is -2.18. The Bertz CT molecular complexity index is 248. The molecule has 1 rings (SSSR count). The molecule has 0 aliphatic heterocycles. The van der Waals surface area contributed by atoms with E-state index in [0.717, 1.165) is 18.8 Å².